The average molecular weight is 383 g/mol. The Hall–Kier alpha value is -2.55. The zero-order valence-electron chi connectivity index (χ0n) is 14.8. The van der Waals surface area contributed by atoms with E-state index in [1.165, 1.54) is 6.07 Å². The van der Waals surface area contributed by atoms with Crippen molar-refractivity contribution in [3.63, 3.8) is 0 Å². The molecule has 0 aliphatic rings. The van der Waals surface area contributed by atoms with Gasteiger partial charge in [-0.3, -0.25) is 10.1 Å². The molecule has 2 aromatic rings. The van der Waals surface area contributed by atoms with E-state index >= 15 is 0 Å². The summed E-state index contributed by atoms with van der Waals surface area (Å²) >= 11 is 0.994. The maximum absolute atomic E-state index is 13.2. The number of ether oxygens (including phenoxy) is 1. The first-order valence-electron chi connectivity index (χ1n) is 7.75. The number of hydrogen-bond donors (Lipinski definition) is 2. The Morgan fingerprint density at radius 1 is 1.23 bits per heavy atom. The Bertz CT molecular complexity index is 831. The van der Waals surface area contributed by atoms with Crippen LogP contribution in [-0.2, 0) is 11.3 Å². The molecule has 0 fully saturated rings. The monoisotopic (exact) mass is 383 g/mol. The Labute approximate surface area is 153 Å². The average Bonchev–Trinajstić information content (AvgIpc) is 2.86. The van der Waals surface area contributed by atoms with Crippen molar-refractivity contribution in [2.45, 2.75) is 39.8 Å². The van der Waals surface area contributed by atoms with Gasteiger partial charge in [0.05, 0.1) is 5.69 Å². The number of thiazole rings is 1. The van der Waals surface area contributed by atoms with Gasteiger partial charge >= 0.3 is 6.09 Å². The quantitative estimate of drug-likeness (QED) is 0.836. The molecule has 0 spiro atoms. The summed E-state index contributed by atoms with van der Waals surface area (Å²) in [7, 11) is 0. The van der Waals surface area contributed by atoms with Gasteiger partial charge in [0, 0.05) is 6.54 Å². The van der Waals surface area contributed by atoms with Crippen LogP contribution < -0.4 is 10.6 Å². The molecule has 0 bridgehead atoms. The summed E-state index contributed by atoms with van der Waals surface area (Å²) in [5, 5.41) is 5.31. The Kier molecular flexibility index (Phi) is 5.91. The summed E-state index contributed by atoms with van der Waals surface area (Å²) in [6.07, 6.45) is -0.667. The molecule has 2 amide bonds. The third-order valence-corrected chi connectivity index (χ3v) is 4.12. The van der Waals surface area contributed by atoms with Crippen molar-refractivity contribution in [2.24, 2.45) is 0 Å². The third-order valence-electron chi connectivity index (χ3n) is 3.05. The molecule has 0 radical (unpaired) electrons. The largest absolute Gasteiger partial charge is 0.444 e. The summed E-state index contributed by atoms with van der Waals surface area (Å²) < 4.78 is 31.2. The van der Waals surface area contributed by atoms with Gasteiger partial charge in [-0.05, 0) is 45.4 Å². The van der Waals surface area contributed by atoms with Crippen LogP contribution in [0.25, 0.3) is 0 Å². The number of aromatic nitrogens is 1. The Morgan fingerprint density at radius 2 is 1.92 bits per heavy atom. The van der Waals surface area contributed by atoms with Crippen molar-refractivity contribution >= 4 is 28.5 Å². The second kappa shape index (κ2) is 7.77. The Balaban J connectivity index is 2.00. The maximum atomic E-state index is 13.2. The van der Waals surface area contributed by atoms with Gasteiger partial charge in [-0.25, -0.2) is 18.6 Å². The number of carbonyl (C=O) groups excluding carboxylic acids is 2. The summed E-state index contributed by atoms with van der Waals surface area (Å²) in [6, 6.07) is 3.40. The van der Waals surface area contributed by atoms with Crippen LogP contribution >= 0.6 is 11.3 Å². The van der Waals surface area contributed by atoms with Crippen molar-refractivity contribution in [3.8, 4) is 0 Å². The molecule has 2 rings (SSSR count). The van der Waals surface area contributed by atoms with E-state index in [1.54, 1.807) is 27.7 Å². The van der Waals surface area contributed by atoms with E-state index < -0.39 is 29.2 Å². The molecular formula is C17H19F2N3O3S. The van der Waals surface area contributed by atoms with Crippen molar-refractivity contribution in [1.29, 1.82) is 0 Å². The van der Waals surface area contributed by atoms with Crippen molar-refractivity contribution < 1.29 is 23.1 Å². The van der Waals surface area contributed by atoms with Crippen LogP contribution in [0.15, 0.2) is 18.2 Å². The molecule has 6 nitrogen and oxygen atoms in total. The van der Waals surface area contributed by atoms with E-state index in [2.05, 4.69) is 15.6 Å². The minimum atomic E-state index is -0.977. The van der Waals surface area contributed by atoms with Crippen LogP contribution in [0.3, 0.4) is 0 Å². The van der Waals surface area contributed by atoms with Gasteiger partial charge in [-0.2, -0.15) is 0 Å². The molecule has 140 valence electrons. The number of aryl methyl sites for hydroxylation is 1. The molecule has 0 aliphatic heterocycles. The van der Waals surface area contributed by atoms with Crippen LogP contribution in [0, 0.1) is 18.6 Å². The molecule has 0 saturated heterocycles. The van der Waals surface area contributed by atoms with Crippen LogP contribution in [0.1, 0.15) is 41.7 Å². The minimum Gasteiger partial charge on any atom is -0.444 e. The van der Waals surface area contributed by atoms with E-state index in [1.807, 2.05) is 0 Å². The lowest BCUT2D eigenvalue weighted by atomic mass is 10.2. The maximum Gasteiger partial charge on any atom is 0.413 e. The molecule has 0 unspecified atom stereocenters. The summed E-state index contributed by atoms with van der Waals surface area (Å²) in [6.45, 7) is 6.86. The lowest BCUT2D eigenvalue weighted by Crippen LogP contribution is -2.27. The van der Waals surface area contributed by atoms with Gasteiger partial charge in [0.2, 0.25) is 0 Å². The van der Waals surface area contributed by atoms with Gasteiger partial charge in [-0.15, -0.1) is 0 Å². The highest BCUT2D eigenvalue weighted by Crippen LogP contribution is 2.23. The zero-order chi connectivity index (χ0) is 19.5. The smallest absolute Gasteiger partial charge is 0.413 e. The molecule has 1 heterocycles. The number of amides is 2. The molecular weight excluding hydrogens is 364 g/mol. The van der Waals surface area contributed by atoms with E-state index in [9.17, 15) is 18.4 Å². The lowest BCUT2D eigenvalue weighted by Gasteiger charge is -2.18. The normalized spacial score (nSPS) is 11.2. The minimum absolute atomic E-state index is 0.0300. The van der Waals surface area contributed by atoms with E-state index in [0.717, 1.165) is 23.5 Å². The number of benzene rings is 1. The highest BCUT2D eigenvalue weighted by Gasteiger charge is 2.20. The molecule has 26 heavy (non-hydrogen) atoms. The summed E-state index contributed by atoms with van der Waals surface area (Å²) in [5.41, 5.74) is 0.205. The molecule has 0 saturated carbocycles. The first-order valence-corrected chi connectivity index (χ1v) is 8.56. The van der Waals surface area contributed by atoms with Crippen molar-refractivity contribution in [3.05, 3.63) is 46.0 Å². The van der Waals surface area contributed by atoms with Gasteiger partial charge in [0.25, 0.3) is 5.91 Å². The number of rotatable bonds is 4. The first kappa shape index (κ1) is 19.8. The number of carbonyl (C=O) groups is 2. The predicted molar refractivity (Wildman–Crippen MR) is 94.2 cm³/mol. The van der Waals surface area contributed by atoms with Gasteiger partial charge in [0.15, 0.2) is 16.8 Å². The molecule has 1 aromatic carbocycles. The van der Waals surface area contributed by atoms with Gasteiger partial charge in [-0.1, -0.05) is 17.4 Å². The zero-order valence-corrected chi connectivity index (χ0v) is 15.6. The van der Waals surface area contributed by atoms with E-state index in [-0.39, 0.29) is 11.7 Å². The predicted octanol–water partition coefficient (Wildman–Crippen LogP) is 4.01. The number of nitrogens with zero attached hydrogens (tertiary/aromatic N) is 1. The fourth-order valence-electron chi connectivity index (χ4n) is 1.96. The van der Waals surface area contributed by atoms with Crippen molar-refractivity contribution in [1.82, 2.24) is 10.3 Å². The number of halogens is 2. The van der Waals surface area contributed by atoms with Crippen LogP contribution in [0.5, 0.6) is 0 Å². The number of nitrogens with one attached hydrogen (secondary N) is 2. The third kappa shape index (κ3) is 5.48. The summed E-state index contributed by atoms with van der Waals surface area (Å²) in [5.74, 6) is -2.35. The van der Waals surface area contributed by atoms with Gasteiger partial charge in [0.1, 0.15) is 10.5 Å². The highest BCUT2D eigenvalue weighted by atomic mass is 32.1. The molecule has 1 aromatic heterocycles. The number of hydrogen-bond acceptors (Lipinski definition) is 5. The number of anilines is 1. The summed E-state index contributed by atoms with van der Waals surface area (Å²) in [4.78, 5) is 28.4. The van der Waals surface area contributed by atoms with E-state index in [0.29, 0.717) is 16.1 Å². The highest BCUT2D eigenvalue weighted by molar-refractivity contribution is 7.17. The first-order chi connectivity index (χ1) is 12.0. The molecule has 0 aliphatic carbocycles. The van der Waals surface area contributed by atoms with Crippen LogP contribution in [0.2, 0.25) is 0 Å². The lowest BCUT2D eigenvalue weighted by molar-refractivity contribution is 0.0635. The van der Waals surface area contributed by atoms with E-state index in [4.69, 9.17) is 4.74 Å². The van der Waals surface area contributed by atoms with Crippen molar-refractivity contribution in [2.75, 3.05) is 5.32 Å². The topological polar surface area (TPSA) is 80.3 Å². The van der Waals surface area contributed by atoms with Crippen LogP contribution in [-0.4, -0.2) is 22.6 Å². The fourth-order valence-corrected chi connectivity index (χ4v) is 2.83. The second-order valence-corrected chi connectivity index (χ2v) is 7.49. The fraction of sp³-hybridized carbons (Fsp3) is 0.353. The van der Waals surface area contributed by atoms with Crippen LogP contribution in [0.4, 0.5) is 18.7 Å². The Morgan fingerprint density at radius 3 is 2.54 bits per heavy atom. The standard InChI is InChI=1S/C17H19F2N3O3S/c1-9-13(26-15(21-9)22-16(24)25-17(2,3)4)14(23)20-8-10-5-6-11(18)12(19)7-10/h5-7H,8H2,1-4H3,(H,20,23)(H,21,22,24). The second-order valence-electron chi connectivity index (χ2n) is 6.49. The molecule has 9 heteroatoms. The van der Waals surface area contributed by atoms with Gasteiger partial charge < -0.3 is 10.1 Å². The molecule has 0 atom stereocenters. The molecule has 2 N–H and O–H groups in total. The SMILES string of the molecule is Cc1nc(NC(=O)OC(C)(C)C)sc1C(=O)NCc1ccc(F)c(F)c1.